The van der Waals surface area contributed by atoms with Gasteiger partial charge in [0.15, 0.2) is 17.3 Å². The van der Waals surface area contributed by atoms with Gasteiger partial charge in [-0.1, -0.05) is 6.07 Å². The molecule has 2 spiro atoms. The Balaban J connectivity index is 1.73. The average molecular weight is 458 g/mol. The molecule has 33 heavy (non-hydrogen) atoms. The lowest BCUT2D eigenvalue weighted by Gasteiger charge is -2.50. The van der Waals surface area contributed by atoms with Crippen molar-refractivity contribution in [1.29, 1.82) is 0 Å². The van der Waals surface area contributed by atoms with Crippen LogP contribution in [-0.4, -0.2) is 61.8 Å². The van der Waals surface area contributed by atoms with Crippen molar-refractivity contribution in [3.8, 4) is 5.75 Å². The molecule has 7 nitrogen and oxygen atoms in total. The molecule has 2 aliphatic carbocycles. The zero-order chi connectivity index (χ0) is 23.8. The molecule has 0 radical (unpaired) electrons. The molecule has 1 atom stereocenters. The Bertz CT molecular complexity index is 905. The van der Waals surface area contributed by atoms with Gasteiger partial charge in [-0.05, 0) is 83.1 Å². The maximum Gasteiger partial charge on any atom is 0.193 e. The van der Waals surface area contributed by atoms with E-state index in [0.717, 1.165) is 43.4 Å². The number of benzene rings is 1. The second-order valence-corrected chi connectivity index (χ2v) is 10.3. The van der Waals surface area contributed by atoms with Crippen molar-refractivity contribution in [2.24, 2.45) is 16.1 Å². The second kappa shape index (κ2) is 9.26. The summed E-state index contributed by atoms with van der Waals surface area (Å²) in [7, 11) is 1.77. The van der Waals surface area contributed by atoms with E-state index in [1.54, 1.807) is 7.11 Å². The number of rotatable bonds is 7. The second-order valence-electron chi connectivity index (χ2n) is 10.3. The van der Waals surface area contributed by atoms with Crippen LogP contribution in [0.15, 0.2) is 23.2 Å². The summed E-state index contributed by atoms with van der Waals surface area (Å²) in [5.74, 6) is 1.35. The van der Waals surface area contributed by atoms with Crippen molar-refractivity contribution >= 4 is 11.7 Å². The molecule has 1 unspecified atom stereocenters. The number of hydrogen-bond acceptors (Lipinski definition) is 7. The quantitative estimate of drug-likeness (QED) is 0.632. The van der Waals surface area contributed by atoms with Crippen molar-refractivity contribution in [2.75, 3.05) is 26.9 Å². The first-order chi connectivity index (χ1) is 15.7. The van der Waals surface area contributed by atoms with Gasteiger partial charge in [0.05, 0.1) is 25.4 Å². The molecule has 1 aromatic carbocycles. The van der Waals surface area contributed by atoms with Gasteiger partial charge >= 0.3 is 0 Å². The zero-order valence-corrected chi connectivity index (χ0v) is 20.7. The number of fused-ring (bicyclic) bond motifs is 3. The first kappa shape index (κ1) is 24.0. The molecular formula is C26H39N3O4. The summed E-state index contributed by atoms with van der Waals surface area (Å²) in [6.07, 6.45) is 4.88. The number of guanidine groups is 1. The van der Waals surface area contributed by atoms with Crippen molar-refractivity contribution in [3.05, 3.63) is 29.3 Å². The Labute approximate surface area is 197 Å². The number of carbonyl (C=O) groups is 1. The fraction of sp³-hybridized carbons (Fsp3) is 0.692. The number of nitrogens with two attached hydrogens (primary N) is 1. The van der Waals surface area contributed by atoms with Crippen LogP contribution < -0.4 is 10.5 Å². The van der Waals surface area contributed by atoms with Gasteiger partial charge < -0.3 is 24.8 Å². The van der Waals surface area contributed by atoms with Crippen LogP contribution in [0.1, 0.15) is 64.5 Å². The number of ether oxygens (including phenoxy) is 3. The van der Waals surface area contributed by atoms with E-state index in [-0.39, 0.29) is 36.0 Å². The van der Waals surface area contributed by atoms with Gasteiger partial charge in [0, 0.05) is 18.6 Å². The molecule has 1 aliphatic heterocycles. The number of aliphatic imine (C=N–C) groups is 1. The zero-order valence-electron chi connectivity index (χ0n) is 20.7. The lowest BCUT2D eigenvalue weighted by Crippen LogP contribution is -2.60. The van der Waals surface area contributed by atoms with E-state index in [1.807, 2.05) is 44.7 Å². The van der Waals surface area contributed by atoms with Gasteiger partial charge in [-0.15, -0.1) is 0 Å². The smallest absolute Gasteiger partial charge is 0.193 e. The molecule has 0 aromatic heterocycles. The molecular weight excluding hydrogens is 418 g/mol. The third-order valence-corrected chi connectivity index (χ3v) is 7.71. The van der Waals surface area contributed by atoms with Crippen LogP contribution in [0.25, 0.3) is 0 Å². The van der Waals surface area contributed by atoms with E-state index in [1.165, 1.54) is 5.56 Å². The summed E-state index contributed by atoms with van der Waals surface area (Å²) < 4.78 is 17.3. The maximum atomic E-state index is 14.0. The molecule has 0 saturated heterocycles. The molecule has 1 saturated carbocycles. The third-order valence-electron chi connectivity index (χ3n) is 7.71. The van der Waals surface area contributed by atoms with Gasteiger partial charge in [0.1, 0.15) is 12.4 Å². The van der Waals surface area contributed by atoms with E-state index >= 15 is 0 Å². The highest BCUT2D eigenvalue weighted by Crippen LogP contribution is 2.61. The third kappa shape index (κ3) is 4.14. The molecule has 2 N–H and O–H groups in total. The molecule has 0 amide bonds. The summed E-state index contributed by atoms with van der Waals surface area (Å²) in [6, 6.07) is 6.26. The van der Waals surface area contributed by atoms with Crippen LogP contribution in [0.5, 0.6) is 5.75 Å². The minimum Gasteiger partial charge on any atom is -0.491 e. The highest BCUT2D eigenvalue weighted by Gasteiger charge is 2.64. The van der Waals surface area contributed by atoms with Gasteiger partial charge in [0.25, 0.3) is 0 Å². The summed E-state index contributed by atoms with van der Waals surface area (Å²) in [6.45, 7) is 9.38. The van der Waals surface area contributed by atoms with Gasteiger partial charge in [-0.2, -0.15) is 0 Å². The topological polar surface area (TPSA) is 86.4 Å². The van der Waals surface area contributed by atoms with Crippen LogP contribution >= 0.6 is 0 Å². The van der Waals surface area contributed by atoms with Crippen molar-refractivity contribution in [3.63, 3.8) is 0 Å². The normalized spacial score (nSPS) is 29.3. The standard InChI is InChI=1S/C26H39N3O4/c1-17(2)29-16-23(30)26(28-24(29)27)22-14-21(33-13-12-32-18(3)4)7-6-19(22)15-25(26)10-8-20(31-5)9-11-25/h6-7,14,17-18,20H,8-13,15-16H2,1-5H3,(H2,27,28). The molecule has 0 bridgehead atoms. The number of nitrogens with zero attached hydrogens (tertiary/aromatic N) is 2. The van der Waals surface area contributed by atoms with E-state index < -0.39 is 5.54 Å². The Morgan fingerprint density at radius 1 is 1.18 bits per heavy atom. The van der Waals surface area contributed by atoms with Gasteiger partial charge in [-0.3, -0.25) is 4.79 Å². The molecule has 7 heteroatoms. The van der Waals surface area contributed by atoms with Gasteiger partial charge in [0.2, 0.25) is 0 Å². The summed E-state index contributed by atoms with van der Waals surface area (Å²) >= 11 is 0. The average Bonchev–Trinajstić information content (AvgIpc) is 3.03. The minimum absolute atomic E-state index is 0.117. The molecule has 4 rings (SSSR count). The van der Waals surface area contributed by atoms with Gasteiger partial charge in [-0.25, -0.2) is 4.99 Å². The number of Topliss-reactive ketones (excluding diaryl/α,β-unsaturated/α-hetero) is 1. The van der Waals surface area contributed by atoms with Crippen LogP contribution in [0.4, 0.5) is 0 Å². The highest BCUT2D eigenvalue weighted by molar-refractivity contribution is 6.01. The summed E-state index contributed by atoms with van der Waals surface area (Å²) in [5, 5.41) is 0. The molecule has 1 heterocycles. The van der Waals surface area contributed by atoms with Crippen molar-refractivity contribution < 1.29 is 19.0 Å². The lowest BCUT2D eigenvalue weighted by atomic mass is 9.59. The number of ketones is 1. The highest BCUT2D eigenvalue weighted by atomic mass is 16.5. The summed E-state index contributed by atoms with van der Waals surface area (Å²) in [5.41, 5.74) is 7.44. The molecule has 3 aliphatic rings. The van der Waals surface area contributed by atoms with E-state index in [4.69, 9.17) is 24.9 Å². The molecule has 182 valence electrons. The predicted molar refractivity (Wildman–Crippen MR) is 129 cm³/mol. The lowest BCUT2D eigenvalue weighted by molar-refractivity contribution is -0.133. The Morgan fingerprint density at radius 3 is 2.55 bits per heavy atom. The summed E-state index contributed by atoms with van der Waals surface area (Å²) in [4.78, 5) is 21.0. The number of carbonyl (C=O) groups excluding carboxylic acids is 1. The Morgan fingerprint density at radius 2 is 1.91 bits per heavy atom. The fourth-order valence-electron chi connectivity index (χ4n) is 6.00. The first-order valence-electron chi connectivity index (χ1n) is 12.3. The molecule has 1 fully saturated rings. The van der Waals surface area contributed by atoms with Crippen molar-refractivity contribution in [1.82, 2.24) is 4.90 Å². The first-order valence-corrected chi connectivity index (χ1v) is 12.3. The largest absolute Gasteiger partial charge is 0.491 e. The van der Waals surface area contributed by atoms with Crippen LogP contribution in [0, 0.1) is 5.41 Å². The van der Waals surface area contributed by atoms with E-state index in [0.29, 0.717) is 19.2 Å². The van der Waals surface area contributed by atoms with E-state index in [9.17, 15) is 4.79 Å². The SMILES string of the molecule is COC1CCC2(CC1)Cc1ccc(OCCOC(C)C)cc1C21N=C(N)N(C(C)C)CC1=O. The van der Waals surface area contributed by atoms with E-state index in [2.05, 4.69) is 6.07 Å². The molecule has 1 aromatic rings. The van der Waals surface area contributed by atoms with Crippen molar-refractivity contribution in [2.45, 2.75) is 83.6 Å². The maximum absolute atomic E-state index is 14.0. The Kier molecular flexibility index (Phi) is 6.74. The predicted octanol–water partition coefficient (Wildman–Crippen LogP) is 3.43. The monoisotopic (exact) mass is 457 g/mol. The van der Waals surface area contributed by atoms with Crippen LogP contribution in [0.3, 0.4) is 0 Å². The number of methoxy groups -OCH3 is 1. The Hall–Kier alpha value is -2.12. The fourth-order valence-corrected chi connectivity index (χ4v) is 6.00. The van der Waals surface area contributed by atoms with Crippen LogP contribution in [0.2, 0.25) is 0 Å². The van der Waals surface area contributed by atoms with Crippen LogP contribution in [-0.2, 0) is 26.2 Å². The minimum atomic E-state index is -0.954. The number of hydrogen-bond donors (Lipinski definition) is 1.